The number of carbonyl (C=O) groups is 2. The molecule has 2 amide bonds. The third-order valence-electron chi connectivity index (χ3n) is 5.54. The summed E-state index contributed by atoms with van der Waals surface area (Å²) in [6.07, 6.45) is 1.57. The molecule has 8 heteroatoms. The Morgan fingerprint density at radius 3 is 2.33 bits per heavy atom. The Morgan fingerprint density at radius 2 is 1.70 bits per heavy atom. The zero-order chi connectivity index (χ0) is 23.9. The van der Waals surface area contributed by atoms with Crippen molar-refractivity contribution in [2.45, 2.75) is 20.8 Å². The normalized spacial score (nSPS) is 15.1. The van der Waals surface area contributed by atoms with Gasteiger partial charge in [-0.2, -0.15) is 5.26 Å². The number of aryl methyl sites for hydroxylation is 2. The lowest BCUT2D eigenvalue weighted by Gasteiger charge is -2.29. The monoisotopic (exact) mass is 474 g/mol. The van der Waals surface area contributed by atoms with Crippen molar-refractivity contribution in [3.8, 4) is 11.8 Å². The number of nitrogens with zero attached hydrogens (tertiary/aromatic N) is 3. The van der Waals surface area contributed by atoms with Crippen molar-refractivity contribution in [1.82, 2.24) is 9.88 Å². The maximum atomic E-state index is 13.3. The highest BCUT2D eigenvalue weighted by molar-refractivity contribution is 7.80. The first-order valence-corrected chi connectivity index (χ1v) is 10.9. The number of aromatic nitrogens is 1. The van der Waals surface area contributed by atoms with Crippen molar-refractivity contribution < 1.29 is 9.59 Å². The van der Waals surface area contributed by atoms with Gasteiger partial charge in [0.1, 0.15) is 5.57 Å². The predicted molar refractivity (Wildman–Crippen MR) is 132 cm³/mol. The maximum absolute atomic E-state index is 13.3. The summed E-state index contributed by atoms with van der Waals surface area (Å²) < 4.78 is 2.00. The fraction of sp³-hybridized carbons (Fsp3) is 0.120. The number of benzene rings is 2. The van der Waals surface area contributed by atoms with Gasteiger partial charge >= 0.3 is 0 Å². The largest absolute Gasteiger partial charge is 0.318 e. The lowest BCUT2D eigenvalue weighted by atomic mass is 10.1. The van der Waals surface area contributed by atoms with Crippen molar-refractivity contribution in [1.29, 1.82) is 5.26 Å². The molecule has 0 aliphatic carbocycles. The number of amides is 2. The molecule has 0 radical (unpaired) electrons. The topological polar surface area (TPSA) is 78.1 Å². The van der Waals surface area contributed by atoms with Crippen LogP contribution in [0.2, 0.25) is 5.02 Å². The van der Waals surface area contributed by atoms with Gasteiger partial charge < -0.3 is 4.57 Å². The van der Waals surface area contributed by atoms with Crippen LogP contribution in [0.1, 0.15) is 28.1 Å². The molecule has 0 bridgehead atoms. The summed E-state index contributed by atoms with van der Waals surface area (Å²) >= 11 is 11.5. The van der Waals surface area contributed by atoms with Gasteiger partial charge in [0, 0.05) is 22.1 Å². The molecular weight excluding hydrogens is 456 g/mol. The Kier molecular flexibility index (Phi) is 5.90. The van der Waals surface area contributed by atoms with E-state index in [0.29, 0.717) is 16.3 Å². The molecule has 2 heterocycles. The van der Waals surface area contributed by atoms with E-state index in [1.165, 1.54) is 4.90 Å². The van der Waals surface area contributed by atoms with Crippen molar-refractivity contribution in [3.05, 3.63) is 87.2 Å². The van der Waals surface area contributed by atoms with Crippen LogP contribution in [0.5, 0.6) is 0 Å². The van der Waals surface area contributed by atoms with E-state index in [9.17, 15) is 9.59 Å². The quantitative estimate of drug-likeness (QED) is 0.337. The van der Waals surface area contributed by atoms with E-state index in [1.807, 2.05) is 43.5 Å². The fourth-order valence-electron chi connectivity index (χ4n) is 3.78. The number of halogens is 1. The number of hydrogen-bond acceptors (Lipinski definition) is 4. The van der Waals surface area contributed by atoms with Gasteiger partial charge in [0.15, 0.2) is 5.11 Å². The molecular formula is C25H19ClN4O2S. The molecule has 1 N–H and O–H groups in total. The van der Waals surface area contributed by atoms with Crippen LogP contribution in [0.3, 0.4) is 0 Å². The standard InChI is InChI=1S/C25H19ClN4O2S/c1-14-4-7-20(12-22(14)26)30-24(32)21(23(31)28-25(30)33)11-18-10-15(2)29(16(18)3)19-8-5-17(13-27)6-9-19/h4-12H,1-3H3,(H,28,31,33)/b21-11-. The minimum absolute atomic E-state index is 0.00475. The first-order chi connectivity index (χ1) is 15.7. The van der Waals surface area contributed by atoms with Crippen LogP contribution in [-0.4, -0.2) is 21.5 Å². The number of thiocarbonyl (C=S) groups is 1. The summed E-state index contributed by atoms with van der Waals surface area (Å²) in [5.74, 6) is -1.07. The second-order valence-corrected chi connectivity index (χ2v) is 8.51. The molecule has 4 rings (SSSR count). The van der Waals surface area contributed by atoms with Crippen molar-refractivity contribution in [3.63, 3.8) is 0 Å². The highest BCUT2D eigenvalue weighted by Crippen LogP contribution is 2.28. The van der Waals surface area contributed by atoms with Crippen LogP contribution in [-0.2, 0) is 9.59 Å². The first kappa shape index (κ1) is 22.5. The molecule has 3 aromatic rings. The molecule has 1 aliphatic rings. The Balaban J connectivity index is 1.75. The fourth-order valence-corrected chi connectivity index (χ4v) is 4.24. The molecule has 0 saturated carbocycles. The number of hydrogen-bond donors (Lipinski definition) is 1. The van der Waals surface area contributed by atoms with Crippen LogP contribution in [0.4, 0.5) is 5.69 Å². The molecule has 2 aromatic carbocycles. The van der Waals surface area contributed by atoms with Crippen molar-refractivity contribution in [2.75, 3.05) is 4.90 Å². The molecule has 0 atom stereocenters. The summed E-state index contributed by atoms with van der Waals surface area (Å²) in [5.41, 5.74) is 5.27. The average Bonchev–Trinajstić information content (AvgIpc) is 3.06. The Labute approximate surface area is 201 Å². The molecule has 33 heavy (non-hydrogen) atoms. The molecule has 0 spiro atoms. The summed E-state index contributed by atoms with van der Waals surface area (Å²) in [6.45, 7) is 5.70. The number of nitriles is 1. The van der Waals surface area contributed by atoms with Gasteiger partial charge in [-0.05, 0) is 92.7 Å². The highest BCUT2D eigenvalue weighted by Gasteiger charge is 2.35. The average molecular weight is 475 g/mol. The van der Waals surface area contributed by atoms with E-state index in [0.717, 1.165) is 28.2 Å². The van der Waals surface area contributed by atoms with Gasteiger partial charge in [-0.1, -0.05) is 17.7 Å². The number of anilines is 1. The second kappa shape index (κ2) is 8.66. The van der Waals surface area contributed by atoms with E-state index in [2.05, 4.69) is 11.4 Å². The summed E-state index contributed by atoms with van der Waals surface area (Å²) in [4.78, 5) is 27.3. The van der Waals surface area contributed by atoms with E-state index in [-0.39, 0.29) is 10.7 Å². The van der Waals surface area contributed by atoms with E-state index >= 15 is 0 Å². The predicted octanol–water partition coefficient (Wildman–Crippen LogP) is 4.76. The van der Waals surface area contributed by atoms with Crippen LogP contribution in [0.15, 0.2) is 54.1 Å². The molecule has 1 aliphatic heterocycles. The van der Waals surface area contributed by atoms with Gasteiger partial charge in [0.25, 0.3) is 11.8 Å². The van der Waals surface area contributed by atoms with Gasteiger partial charge in [0.2, 0.25) is 0 Å². The van der Waals surface area contributed by atoms with Crippen LogP contribution < -0.4 is 10.2 Å². The second-order valence-electron chi connectivity index (χ2n) is 7.71. The lowest BCUT2D eigenvalue weighted by Crippen LogP contribution is -2.54. The van der Waals surface area contributed by atoms with Crippen LogP contribution in [0, 0.1) is 32.1 Å². The zero-order valence-electron chi connectivity index (χ0n) is 18.1. The Hall–Kier alpha value is -3.73. The highest BCUT2D eigenvalue weighted by atomic mass is 35.5. The molecule has 164 valence electrons. The Bertz CT molecular complexity index is 1400. The SMILES string of the molecule is Cc1ccc(N2C(=O)/C(=C\c3cc(C)n(-c4ccc(C#N)cc4)c3C)C(=O)NC2=S)cc1Cl. The first-order valence-electron chi connectivity index (χ1n) is 10.1. The number of nitrogens with one attached hydrogen (secondary N) is 1. The lowest BCUT2D eigenvalue weighted by molar-refractivity contribution is -0.122. The summed E-state index contributed by atoms with van der Waals surface area (Å²) in [6, 6.07) is 16.4. The van der Waals surface area contributed by atoms with E-state index < -0.39 is 11.8 Å². The number of rotatable bonds is 3. The van der Waals surface area contributed by atoms with Crippen LogP contribution >= 0.6 is 23.8 Å². The molecule has 1 aromatic heterocycles. The molecule has 0 unspecified atom stereocenters. The smallest absolute Gasteiger partial charge is 0.270 e. The van der Waals surface area contributed by atoms with Gasteiger partial charge in [0.05, 0.1) is 17.3 Å². The van der Waals surface area contributed by atoms with Gasteiger partial charge in [-0.15, -0.1) is 0 Å². The summed E-state index contributed by atoms with van der Waals surface area (Å²) in [7, 11) is 0. The van der Waals surface area contributed by atoms with Gasteiger partial charge in [-0.25, -0.2) is 0 Å². The van der Waals surface area contributed by atoms with Gasteiger partial charge in [-0.3, -0.25) is 19.8 Å². The summed E-state index contributed by atoms with van der Waals surface area (Å²) in [5, 5.41) is 12.1. The molecule has 1 fully saturated rings. The zero-order valence-corrected chi connectivity index (χ0v) is 19.7. The molecule has 6 nitrogen and oxygen atoms in total. The molecule has 1 saturated heterocycles. The maximum Gasteiger partial charge on any atom is 0.270 e. The Morgan fingerprint density at radius 1 is 1.03 bits per heavy atom. The van der Waals surface area contributed by atoms with E-state index in [1.54, 1.807) is 36.4 Å². The van der Waals surface area contributed by atoms with Crippen molar-refractivity contribution >= 4 is 52.5 Å². The van der Waals surface area contributed by atoms with Crippen LogP contribution in [0.25, 0.3) is 11.8 Å². The van der Waals surface area contributed by atoms with Crippen molar-refractivity contribution in [2.24, 2.45) is 0 Å². The third kappa shape index (κ3) is 4.07. The van der Waals surface area contributed by atoms with E-state index in [4.69, 9.17) is 29.1 Å². The minimum Gasteiger partial charge on any atom is -0.318 e. The third-order valence-corrected chi connectivity index (χ3v) is 6.23. The number of carbonyl (C=O) groups excluding carboxylic acids is 2. The minimum atomic E-state index is -0.553.